The molecule has 0 bridgehead atoms. The average molecular weight is 497 g/mol. The van der Waals surface area contributed by atoms with Crippen molar-refractivity contribution in [1.29, 1.82) is 0 Å². The molecule has 180 valence electrons. The molecular weight excluding hydrogens is 468 g/mol. The Labute approximate surface area is 197 Å². The fourth-order valence-electron chi connectivity index (χ4n) is 3.72. The summed E-state index contributed by atoms with van der Waals surface area (Å²) in [5.74, 6) is -0.176. The number of unbranched alkanes of at least 4 members (excludes halogenated alkanes) is 1. The third kappa shape index (κ3) is 5.07. The summed E-state index contributed by atoms with van der Waals surface area (Å²) in [6.07, 6.45) is 8.55. The second-order valence-electron chi connectivity index (χ2n) is 8.14. The van der Waals surface area contributed by atoms with Crippen LogP contribution in [0.15, 0.2) is 49.7 Å². The Balaban J connectivity index is 2.33. The highest BCUT2D eigenvalue weighted by Gasteiger charge is 2.28. The minimum absolute atomic E-state index is 0.0151. The highest BCUT2D eigenvalue weighted by atomic mass is 35.5. The second kappa shape index (κ2) is 10.2. The smallest absolute Gasteiger partial charge is 0.332 e. The van der Waals surface area contributed by atoms with Crippen LogP contribution >= 0.6 is 11.6 Å². The summed E-state index contributed by atoms with van der Waals surface area (Å²) >= 11 is 6.13. The summed E-state index contributed by atoms with van der Waals surface area (Å²) in [5.41, 5.74) is -0.337. The lowest BCUT2D eigenvalue weighted by Crippen LogP contribution is -2.40. The van der Waals surface area contributed by atoms with Crippen molar-refractivity contribution >= 4 is 32.6 Å². The van der Waals surface area contributed by atoms with Gasteiger partial charge in [-0.3, -0.25) is 13.9 Å². The number of aryl methyl sites for hydroxylation is 1. The highest BCUT2D eigenvalue weighted by Crippen LogP contribution is 2.25. The molecule has 2 heterocycles. The minimum atomic E-state index is -3.82. The number of rotatable bonds is 9. The summed E-state index contributed by atoms with van der Waals surface area (Å²) < 4.78 is 30.0. The van der Waals surface area contributed by atoms with Gasteiger partial charge in [0.25, 0.3) is 5.56 Å². The number of hydrogen-bond donors (Lipinski definition) is 1. The van der Waals surface area contributed by atoms with E-state index in [0.717, 1.165) is 10.1 Å². The van der Waals surface area contributed by atoms with Crippen LogP contribution in [0.5, 0.6) is 0 Å². The maximum atomic E-state index is 13.4. The van der Waals surface area contributed by atoms with Gasteiger partial charge in [-0.2, -0.15) is 4.98 Å². The molecule has 1 aliphatic carbocycles. The molecule has 0 spiro atoms. The van der Waals surface area contributed by atoms with E-state index in [1.54, 1.807) is 12.2 Å². The first-order valence-electron chi connectivity index (χ1n) is 10.9. The van der Waals surface area contributed by atoms with Gasteiger partial charge in [-0.1, -0.05) is 44.0 Å². The SMILES string of the molecule is CCCCS(=O)(=O)c1nc2c(c(=O)n(CCCO)c(=O)n2C)n1CC1=CC=C(Cl)C=C[C@@H]1C. The molecule has 1 N–H and O–H groups in total. The van der Waals surface area contributed by atoms with E-state index in [0.29, 0.717) is 17.9 Å². The molecule has 0 fully saturated rings. The van der Waals surface area contributed by atoms with Crippen LogP contribution in [0.4, 0.5) is 0 Å². The molecule has 0 saturated carbocycles. The van der Waals surface area contributed by atoms with E-state index in [2.05, 4.69) is 4.98 Å². The van der Waals surface area contributed by atoms with Crippen LogP contribution in [0.1, 0.15) is 33.1 Å². The molecule has 2 aromatic rings. The number of nitrogens with zero attached hydrogens (tertiary/aromatic N) is 4. The molecule has 0 aromatic carbocycles. The molecule has 0 unspecified atom stereocenters. The number of aliphatic hydroxyl groups excluding tert-OH is 1. The molecule has 0 amide bonds. The van der Waals surface area contributed by atoms with Gasteiger partial charge in [-0.05, 0) is 36.5 Å². The van der Waals surface area contributed by atoms with Crippen LogP contribution in [0.2, 0.25) is 0 Å². The Bertz CT molecular complexity index is 1360. The van der Waals surface area contributed by atoms with E-state index in [-0.39, 0.29) is 54.1 Å². The van der Waals surface area contributed by atoms with Gasteiger partial charge >= 0.3 is 5.69 Å². The third-order valence-corrected chi connectivity index (χ3v) is 7.65. The lowest BCUT2D eigenvalue weighted by molar-refractivity contribution is 0.277. The Hall–Kier alpha value is -2.43. The van der Waals surface area contributed by atoms with E-state index in [9.17, 15) is 23.1 Å². The van der Waals surface area contributed by atoms with Crippen LogP contribution in [0.3, 0.4) is 0 Å². The molecular formula is C22H29ClN4O5S. The summed E-state index contributed by atoms with van der Waals surface area (Å²) in [5, 5.41) is 9.49. The number of imidazole rings is 1. The molecule has 33 heavy (non-hydrogen) atoms. The van der Waals surface area contributed by atoms with Gasteiger partial charge in [-0.25, -0.2) is 13.2 Å². The second-order valence-corrected chi connectivity index (χ2v) is 10.6. The van der Waals surface area contributed by atoms with E-state index in [1.807, 2.05) is 26.0 Å². The Morgan fingerprint density at radius 3 is 2.58 bits per heavy atom. The van der Waals surface area contributed by atoms with Crippen molar-refractivity contribution in [2.75, 3.05) is 12.4 Å². The fraction of sp³-hybridized carbons (Fsp3) is 0.500. The third-order valence-electron chi connectivity index (χ3n) is 5.71. The first kappa shape index (κ1) is 25.2. The molecule has 3 rings (SSSR count). The van der Waals surface area contributed by atoms with Gasteiger partial charge < -0.3 is 9.67 Å². The maximum absolute atomic E-state index is 13.4. The summed E-state index contributed by atoms with van der Waals surface area (Å²) in [7, 11) is -2.36. The summed E-state index contributed by atoms with van der Waals surface area (Å²) in [6, 6.07) is 0. The molecule has 9 nitrogen and oxygen atoms in total. The molecule has 1 aliphatic rings. The fourth-order valence-corrected chi connectivity index (χ4v) is 5.42. The number of halogens is 1. The number of aliphatic hydroxyl groups is 1. The van der Waals surface area contributed by atoms with Gasteiger partial charge in [-0.15, -0.1) is 0 Å². The van der Waals surface area contributed by atoms with E-state index < -0.39 is 21.1 Å². The van der Waals surface area contributed by atoms with E-state index in [1.165, 1.54) is 16.2 Å². The normalized spacial score (nSPS) is 16.7. The zero-order valence-electron chi connectivity index (χ0n) is 19.0. The Morgan fingerprint density at radius 2 is 1.91 bits per heavy atom. The molecule has 1 atom stereocenters. The first-order chi connectivity index (χ1) is 15.6. The van der Waals surface area contributed by atoms with Crippen molar-refractivity contribution < 1.29 is 13.5 Å². The number of aromatic nitrogens is 4. The topological polar surface area (TPSA) is 116 Å². The standard InChI is InChI=1S/C22H29ClN4O5S/c1-4-5-13-33(31,32)21-24-19-18(20(29)26(11-6-12-28)22(30)25(19)3)27(21)14-16-8-10-17(23)9-7-15(16)2/h7-10,15,28H,4-6,11-14H2,1-3H3/t15-/m0/s1. The lowest BCUT2D eigenvalue weighted by atomic mass is 10.0. The van der Waals surface area contributed by atoms with E-state index in [4.69, 9.17) is 11.6 Å². The van der Waals surface area contributed by atoms with Crippen LogP contribution in [0, 0.1) is 5.92 Å². The van der Waals surface area contributed by atoms with Crippen molar-refractivity contribution in [1.82, 2.24) is 18.7 Å². The Morgan fingerprint density at radius 1 is 1.18 bits per heavy atom. The van der Waals surface area contributed by atoms with Crippen molar-refractivity contribution in [2.24, 2.45) is 13.0 Å². The Kier molecular flexibility index (Phi) is 7.81. The van der Waals surface area contributed by atoms with Gasteiger partial charge in [0.1, 0.15) is 0 Å². The number of hydrogen-bond acceptors (Lipinski definition) is 6. The predicted octanol–water partition coefficient (Wildman–Crippen LogP) is 2.11. The zero-order valence-corrected chi connectivity index (χ0v) is 20.6. The van der Waals surface area contributed by atoms with Gasteiger partial charge in [0, 0.05) is 31.8 Å². The quantitative estimate of drug-likeness (QED) is 0.568. The molecule has 0 saturated heterocycles. The monoisotopic (exact) mass is 496 g/mol. The molecule has 0 radical (unpaired) electrons. The molecule has 0 aliphatic heterocycles. The number of sulfone groups is 1. The van der Waals surface area contributed by atoms with Crippen molar-refractivity contribution in [2.45, 2.75) is 51.4 Å². The van der Waals surface area contributed by atoms with Crippen LogP contribution in [-0.2, 0) is 30.0 Å². The average Bonchev–Trinajstić information content (AvgIpc) is 3.10. The molecule has 11 heteroatoms. The van der Waals surface area contributed by atoms with Gasteiger partial charge in [0.2, 0.25) is 15.0 Å². The van der Waals surface area contributed by atoms with Crippen molar-refractivity contribution in [3.8, 4) is 0 Å². The maximum Gasteiger partial charge on any atom is 0.332 e. The van der Waals surface area contributed by atoms with E-state index >= 15 is 0 Å². The lowest BCUT2D eigenvalue weighted by Gasteiger charge is -2.16. The van der Waals surface area contributed by atoms with Gasteiger partial charge in [0.15, 0.2) is 11.2 Å². The van der Waals surface area contributed by atoms with Crippen LogP contribution in [0.25, 0.3) is 11.2 Å². The molecule has 2 aromatic heterocycles. The van der Waals surface area contributed by atoms with Gasteiger partial charge in [0.05, 0.1) is 5.75 Å². The summed E-state index contributed by atoms with van der Waals surface area (Å²) in [6.45, 7) is 3.76. The number of allylic oxidation sites excluding steroid dienone is 6. The van der Waals surface area contributed by atoms with Crippen LogP contribution < -0.4 is 11.2 Å². The minimum Gasteiger partial charge on any atom is -0.396 e. The number of fused-ring (bicyclic) bond motifs is 1. The van der Waals surface area contributed by atoms with Crippen molar-refractivity contribution in [3.63, 3.8) is 0 Å². The van der Waals surface area contributed by atoms with Crippen molar-refractivity contribution in [3.05, 3.63) is 55.7 Å². The van der Waals surface area contributed by atoms with Crippen LogP contribution in [-0.4, -0.2) is 44.6 Å². The highest BCUT2D eigenvalue weighted by molar-refractivity contribution is 7.91. The largest absolute Gasteiger partial charge is 0.396 e. The zero-order chi connectivity index (χ0) is 24.3. The summed E-state index contributed by atoms with van der Waals surface area (Å²) in [4.78, 5) is 30.4. The first-order valence-corrected chi connectivity index (χ1v) is 12.9. The predicted molar refractivity (Wildman–Crippen MR) is 128 cm³/mol.